The minimum absolute atomic E-state index is 0.733. The molecule has 4 heteroatoms. The van der Waals surface area contributed by atoms with Crippen LogP contribution in [-0.2, 0) is 6.42 Å². The first-order chi connectivity index (χ1) is 28.8. The summed E-state index contributed by atoms with van der Waals surface area (Å²) in [5.41, 5.74) is 13.8. The van der Waals surface area contributed by atoms with Gasteiger partial charge in [0, 0.05) is 55.6 Å². The monoisotopic (exact) mass is 742 g/mol. The maximum atomic E-state index is 4.78. The van der Waals surface area contributed by atoms with Gasteiger partial charge in [-0.05, 0) is 96.4 Å². The molecule has 4 aromatic heterocycles. The molecule has 0 aliphatic heterocycles. The Kier molecular flexibility index (Phi) is 8.00. The molecule has 0 fully saturated rings. The molecule has 0 spiro atoms. The first kappa shape index (κ1) is 33.6. The minimum atomic E-state index is 0.733. The molecule has 11 rings (SSSR count). The van der Waals surface area contributed by atoms with E-state index in [0.29, 0.717) is 0 Å². The molecule has 0 bridgehead atoms. The number of nitrogens with zero attached hydrogens (tertiary/aromatic N) is 4. The second-order valence-corrected chi connectivity index (χ2v) is 14.8. The van der Waals surface area contributed by atoms with Crippen LogP contribution in [0.5, 0.6) is 0 Å². The summed E-state index contributed by atoms with van der Waals surface area (Å²) in [5, 5.41) is 6.05. The van der Waals surface area contributed by atoms with Gasteiger partial charge < -0.3 is 9.13 Å². The normalized spacial score (nSPS) is 12.0. The Morgan fingerprint density at radius 3 is 1.67 bits per heavy atom. The van der Waals surface area contributed by atoms with Gasteiger partial charge in [-0.15, -0.1) is 0 Å². The lowest BCUT2D eigenvalue weighted by Crippen LogP contribution is -2.03. The minimum Gasteiger partial charge on any atom is -0.309 e. The summed E-state index contributed by atoms with van der Waals surface area (Å²) in [4.78, 5) is 4.78. The molecular weight excluding hydrogens is 705 g/mol. The highest BCUT2D eigenvalue weighted by atomic mass is 15.1. The second-order valence-electron chi connectivity index (χ2n) is 14.8. The summed E-state index contributed by atoms with van der Waals surface area (Å²) >= 11 is 0. The van der Waals surface area contributed by atoms with Crippen molar-refractivity contribution in [2.75, 3.05) is 0 Å². The molecular formula is C54H38N4. The molecule has 0 aliphatic carbocycles. The Hall–Kier alpha value is -7.69. The van der Waals surface area contributed by atoms with Crippen LogP contribution in [0.2, 0.25) is 0 Å². The Morgan fingerprint density at radius 2 is 1.00 bits per heavy atom. The van der Waals surface area contributed by atoms with Crippen LogP contribution in [0.3, 0.4) is 0 Å². The molecule has 0 atom stereocenters. The number of hydrogen-bond donors (Lipinski definition) is 0. The van der Waals surface area contributed by atoms with Crippen LogP contribution in [0, 0.1) is 0 Å². The molecule has 4 heterocycles. The average molecular weight is 743 g/mol. The van der Waals surface area contributed by atoms with Crippen molar-refractivity contribution in [1.29, 1.82) is 0 Å². The van der Waals surface area contributed by atoms with E-state index in [2.05, 4.69) is 202 Å². The predicted octanol–water partition coefficient (Wildman–Crippen LogP) is 13.5. The standard InChI is InChI=1S/C54H38N4/c1-2-41-43-21-9-13-25-49(43)57(40-19-7-4-8-20-40)54(41)42(38-30-33-52-47(36-38)45-23-11-14-26-50(45)58(52)53-27-15-16-34-55-53)31-28-37-29-32-51-46(35-37)44-22-10-12-24-48(44)56(51)39-17-5-3-6-18-39/h2-27,29-36H,1,28H2/b42-31-. The zero-order chi connectivity index (χ0) is 38.6. The summed E-state index contributed by atoms with van der Waals surface area (Å²) in [7, 11) is 0. The van der Waals surface area contributed by atoms with Crippen molar-refractivity contribution in [3.63, 3.8) is 0 Å². The van der Waals surface area contributed by atoms with Gasteiger partial charge in [-0.3, -0.25) is 4.57 Å². The van der Waals surface area contributed by atoms with Crippen LogP contribution in [0.4, 0.5) is 0 Å². The van der Waals surface area contributed by atoms with E-state index < -0.39 is 0 Å². The van der Waals surface area contributed by atoms with Gasteiger partial charge in [0.05, 0.1) is 33.3 Å². The van der Waals surface area contributed by atoms with Gasteiger partial charge in [-0.25, -0.2) is 4.98 Å². The summed E-state index contributed by atoms with van der Waals surface area (Å²) in [6.45, 7) is 4.41. The number of para-hydroxylation sites is 5. The van der Waals surface area contributed by atoms with Crippen molar-refractivity contribution in [3.05, 3.63) is 229 Å². The quantitative estimate of drug-likeness (QED) is 0.152. The van der Waals surface area contributed by atoms with Crippen LogP contribution in [0.15, 0.2) is 207 Å². The Bertz CT molecular complexity index is 3360. The summed E-state index contributed by atoms with van der Waals surface area (Å²) in [6, 6.07) is 67.4. The number of fused-ring (bicyclic) bond motifs is 7. The number of benzene rings is 7. The maximum Gasteiger partial charge on any atom is 0.137 e. The van der Waals surface area contributed by atoms with Crippen molar-refractivity contribution in [2.45, 2.75) is 6.42 Å². The third-order valence-corrected chi connectivity index (χ3v) is 11.5. The highest BCUT2D eigenvalue weighted by Gasteiger charge is 2.23. The largest absolute Gasteiger partial charge is 0.309 e. The predicted molar refractivity (Wildman–Crippen MR) is 244 cm³/mol. The van der Waals surface area contributed by atoms with Crippen LogP contribution in [-0.4, -0.2) is 18.7 Å². The van der Waals surface area contributed by atoms with Crippen molar-refractivity contribution in [1.82, 2.24) is 18.7 Å². The smallest absolute Gasteiger partial charge is 0.137 e. The number of pyridine rings is 1. The Morgan fingerprint density at radius 1 is 0.466 bits per heavy atom. The first-order valence-electron chi connectivity index (χ1n) is 19.8. The zero-order valence-electron chi connectivity index (χ0n) is 31.8. The molecule has 0 amide bonds. The molecule has 4 nitrogen and oxygen atoms in total. The topological polar surface area (TPSA) is 27.7 Å². The van der Waals surface area contributed by atoms with Crippen molar-refractivity contribution in [3.8, 4) is 17.2 Å². The lowest BCUT2D eigenvalue weighted by molar-refractivity contribution is 1.08. The highest BCUT2D eigenvalue weighted by molar-refractivity contribution is 6.11. The number of hydrogen-bond acceptors (Lipinski definition) is 1. The Balaban J connectivity index is 1.16. The second kappa shape index (κ2) is 13.8. The molecule has 11 aromatic rings. The van der Waals surface area contributed by atoms with Gasteiger partial charge in [0.25, 0.3) is 0 Å². The van der Waals surface area contributed by atoms with Gasteiger partial charge in [0.1, 0.15) is 5.82 Å². The number of aromatic nitrogens is 4. The summed E-state index contributed by atoms with van der Waals surface area (Å²) < 4.78 is 7.06. The molecule has 58 heavy (non-hydrogen) atoms. The van der Waals surface area contributed by atoms with Gasteiger partial charge >= 0.3 is 0 Å². The molecule has 7 aromatic carbocycles. The van der Waals surface area contributed by atoms with Gasteiger partial charge in [0.15, 0.2) is 0 Å². The third kappa shape index (κ3) is 5.34. The van der Waals surface area contributed by atoms with E-state index in [4.69, 9.17) is 4.98 Å². The SMILES string of the molecule is C=Cc1c(/C(=C\Cc2ccc3c(c2)c2ccccc2n3-c2ccccc2)c2ccc3c(c2)c2ccccc2n3-c2ccccn2)n(-c2ccccc2)c2ccccc12. The van der Waals surface area contributed by atoms with Crippen molar-refractivity contribution >= 4 is 66.2 Å². The van der Waals surface area contributed by atoms with Gasteiger partial charge in [0.2, 0.25) is 0 Å². The fraction of sp³-hybridized carbons (Fsp3) is 0.0185. The van der Waals surface area contributed by atoms with E-state index in [1.165, 1.54) is 43.5 Å². The van der Waals surface area contributed by atoms with E-state index in [1.807, 2.05) is 24.4 Å². The average Bonchev–Trinajstić information content (AvgIpc) is 3.93. The lowest BCUT2D eigenvalue weighted by atomic mass is 9.94. The van der Waals surface area contributed by atoms with Crippen LogP contribution < -0.4 is 0 Å². The van der Waals surface area contributed by atoms with Gasteiger partial charge in [-0.1, -0.05) is 128 Å². The van der Waals surface area contributed by atoms with Crippen molar-refractivity contribution < 1.29 is 0 Å². The maximum absolute atomic E-state index is 4.78. The zero-order valence-corrected chi connectivity index (χ0v) is 31.8. The van der Waals surface area contributed by atoms with E-state index >= 15 is 0 Å². The number of rotatable bonds is 8. The lowest BCUT2D eigenvalue weighted by Gasteiger charge is -2.17. The summed E-state index contributed by atoms with van der Waals surface area (Å²) in [5.74, 6) is 0.902. The van der Waals surface area contributed by atoms with Crippen LogP contribution >= 0.6 is 0 Å². The van der Waals surface area contributed by atoms with Crippen LogP contribution in [0.25, 0.3) is 83.4 Å². The fourth-order valence-electron chi connectivity index (χ4n) is 9.03. The molecule has 0 unspecified atom stereocenters. The molecule has 0 aliphatic rings. The van der Waals surface area contributed by atoms with E-state index in [0.717, 1.165) is 62.6 Å². The number of allylic oxidation sites excluding steroid dienone is 1. The first-order valence-corrected chi connectivity index (χ1v) is 19.8. The third-order valence-electron chi connectivity index (χ3n) is 11.5. The molecule has 0 N–H and O–H groups in total. The Labute approximate surface area is 336 Å². The van der Waals surface area contributed by atoms with Crippen LogP contribution in [0.1, 0.15) is 22.4 Å². The van der Waals surface area contributed by atoms with Crippen molar-refractivity contribution in [2.24, 2.45) is 0 Å². The van der Waals surface area contributed by atoms with E-state index in [9.17, 15) is 0 Å². The van der Waals surface area contributed by atoms with E-state index in [1.54, 1.807) is 0 Å². The molecule has 0 saturated heterocycles. The molecule has 0 radical (unpaired) electrons. The highest BCUT2D eigenvalue weighted by Crippen LogP contribution is 2.41. The van der Waals surface area contributed by atoms with Gasteiger partial charge in [-0.2, -0.15) is 0 Å². The molecule has 0 saturated carbocycles. The molecule has 274 valence electrons. The van der Waals surface area contributed by atoms with E-state index in [-0.39, 0.29) is 0 Å². The summed E-state index contributed by atoms with van der Waals surface area (Å²) in [6.07, 6.45) is 7.05. The fourth-order valence-corrected chi connectivity index (χ4v) is 9.03.